The predicted molar refractivity (Wildman–Crippen MR) is 58.1 cm³/mol. The standard InChI is InChI=1S/C9H16F3NO4S/c1-8(14)13-6-4-2-3-5-7-17-18(15,16)9(10,11)12/h2-7H2,1H3,(H,13,14). The van der Waals surface area contributed by atoms with Crippen molar-refractivity contribution in [3.63, 3.8) is 0 Å². The fourth-order valence-electron chi connectivity index (χ4n) is 1.08. The lowest BCUT2D eigenvalue weighted by Crippen LogP contribution is -2.25. The zero-order valence-corrected chi connectivity index (χ0v) is 10.7. The molecule has 0 unspecified atom stereocenters. The summed E-state index contributed by atoms with van der Waals surface area (Å²) in [6.07, 6.45) is 2.11. The van der Waals surface area contributed by atoms with Crippen LogP contribution in [-0.2, 0) is 19.1 Å². The summed E-state index contributed by atoms with van der Waals surface area (Å²) in [5.74, 6) is -0.144. The van der Waals surface area contributed by atoms with Crippen LogP contribution in [0.2, 0.25) is 0 Å². The summed E-state index contributed by atoms with van der Waals surface area (Å²) in [4.78, 5) is 10.5. The van der Waals surface area contributed by atoms with Gasteiger partial charge in [-0.3, -0.25) is 8.98 Å². The Morgan fingerprint density at radius 3 is 2.22 bits per heavy atom. The first-order valence-corrected chi connectivity index (χ1v) is 6.78. The van der Waals surface area contributed by atoms with E-state index in [4.69, 9.17) is 0 Å². The highest BCUT2D eigenvalue weighted by atomic mass is 32.2. The zero-order chi connectivity index (χ0) is 14.2. The molecule has 0 rings (SSSR count). The van der Waals surface area contributed by atoms with Crippen molar-refractivity contribution in [2.75, 3.05) is 13.2 Å². The molecule has 0 saturated carbocycles. The largest absolute Gasteiger partial charge is 0.523 e. The molecule has 0 bridgehead atoms. The molecule has 9 heteroatoms. The van der Waals surface area contributed by atoms with Gasteiger partial charge in [0.1, 0.15) is 0 Å². The second-order valence-corrected chi connectivity index (χ2v) is 5.23. The Hall–Kier alpha value is -0.830. The molecule has 0 aliphatic carbocycles. The highest BCUT2D eigenvalue weighted by molar-refractivity contribution is 7.87. The van der Waals surface area contributed by atoms with E-state index in [1.54, 1.807) is 0 Å². The number of hydrogen-bond acceptors (Lipinski definition) is 4. The quantitative estimate of drug-likeness (QED) is 0.418. The van der Waals surface area contributed by atoms with Gasteiger partial charge in [-0.2, -0.15) is 21.6 Å². The van der Waals surface area contributed by atoms with E-state index in [0.29, 0.717) is 25.8 Å². The Balaban J connectivity index is 3.55. The lowest BCUT2D eigenvalue weighted by Gasteiger charge is -2.08. The maximum Gasteiger partial charge on any atom is 0.523 e. The average molecular weight is 291 g/mol. The van der Waals surface area contributed by atoms with Gasteiger partial charge >= 0.3 is 15.6 Å². The van der Waals surface area contributed by atoms with Crippen LogP contribution in [0.25, 0.3) is 0 Å². The van der Waals surface area contributed by atoms with E-state index in [0.717, 1.165) is 0 Å². The molecule has 1 amide bonds. The summed E-state index contributed by atoms with van der Waals surface area (Å²) < 4.78 is 60.2. The number of halogens is 3. The topological polar surface area (TPSA) is 72.5 Å². The van der Waals surface area contributed by atoms with E-state index in [9.17, 15) is 26.4 Å². The Labute approximate surface area is 104 Å². The molecule has 1 N–H and O–H groups in total. The lowest BCUT2D eigenvalue weighted by molar-refractivity contribution is -0.118. The van der Waals surface area contributed by atoms with Gasteiger partial charge in [0.25, 0.3) is 0 Å². The van der Waals surface area contributed by atoms with Crippen molar-refractivity contribution in [1.29, 1.82) is 0 Å². The molecule has 5 nitrogen and oxygen atoms in total. The molecule has 18 heavy (non-hydrogen) atoms. The first kappa shape index (κ1) is 17.2. The molecule has 0 atom stereocenters. The molecule has 0 aromatic rings. The maximum absolute atomic E-state index is 11.8. The van der Waals surface area contributed by atoms with Gasteiger partial charge in [-0.15, -0.1) is 0 Å². The van der Waals surface area contributed by atoms with Gasteiger partial charge in [0, 0.05) is 13.5 Å². The van der Waals surface area contributed by atoms with Crippen LogP contribution in [0.4, 0.5) is 13.2 Å². The third-order valence-electron chi connectivity index (χ3n) is 1.97. The van der Waals surface area contributed by atoms with Crippen LogP contribution in [0, 0.1) is 0 Å². The number of unbranched alkanes of at least 4 members (excludes halogenated alkanes) is 3. The molecule has 0 radical (unpaired) electrons. The molecule has 0 heterocycles. The first-order valence-electron chi connectivity index (χ1n) is 5.37. The fraction of sp³-hybridized carbons (Fsp3) is 0.889. The molecular formula is C9H16F3NO4S. The van der Waals surface area contributed by atoms with E-state index in [2.05, 4.69) is 9.50 Å². The second-order valence-electron chi connectivity index (χ2n) is 3.62. The highest BCUT2D eigenvalue weighted by Gasteiger charge is 2.47. The van der Waals surface area contributed by atoms with E-state index < -0.39 is 22.2 Å². The molecule has 0 aliphatic heterocycles. The summed E-state index contributed by atoms with van der Waals surface area (Å²) in [5.41, 5.74) is -5.36. The molecule has 0 aromatic carbocycles. The average Bonchev–Trinajstić information content (AvgIpc) is 2.19. The SMILES string of the molecule is CC(=O)NCCCCCCOS(=O)(=O)C(F)(F)F. The molecule has 0 fully saturated rings. The third kappa shape index (κ3) is 7.49. The van der Waals surface area contributed by atoms with E-state index in [1.807, 2.05) is 0 Å². The van der Waals surface area contributed by atoms with Crippen molar-refractivity contribution in [1.82, 2.24) is 5.32 Å². The van der Waals surface area contributed by atoms with Crippen LogP contribution in [0.3, 0.4) is 0 Å². The summed E-state index contributed by atoms with van der Waals surface area (Å²) in [6, 6.07) is 0. The molecular weight excluding hydrogens is 275 g/mol. The number of amides is 1. The van der Waals surface area contributed by atoms with E-state index >= 15 is 0 Å². The predicted octanol–water partition coefficient (Wildman–Crippen LogP) is 1.55. The van der Waals surface area contributed by atoms with E-state index in [1.165, 1.54) is 6.92 Å². The monoisotopic (exact) mass is 291 g/mol. The van der Waals surface area contributed by atoms with Crippen molar-refractivity contribution in [2.45, 2.75) is 38.1 Å². The minimum atomic E-state index is -5.46. The van der Waals surface area contributed by atoms with Gasteiger partial charge in [-0.25, -0.2) is 0 Å². The van der Waals surface area contributed by atoms with Gasteiger partial charge in [-0.1, -0.05) is 12.8 Å². The number of hydrogen-bond donors (Lipinski definition) is 1. The summed E-state index contributed by atoms with van der Waals surface area (Å²) in [6.45, 7) is 1.40. The van der Waals surface area contributed by atoms with Crippen molar-refractivity contribution in [3.05, 3.63) is 0 Å². The Morgan fingerprint density at radius 1 is 1.17 bits per heavy atom. The zero-order valence-electron chi connectivity index (χ0n) is 9.92. The number of carbonyl (C=O) groups excluding carboxylic acids is 1. The maximum atomic E-state index is 11.8. The van der Waals surface area contributed by atoms with Gasteiger partial charge in [0.15, 0.2) is 0 Å². The Morgan fingerprint density at radius 2 is 1.72 bits per heavy atom. The third-order valence-corrected chi connectivity index (χ3v) is 3.01. The number of rotatable bonds is 8. The molecule has 108 valence electrons. The number of alkyl halides is 3. The summed E-state index contributed by atoms with van der Waals surface area (Å²) in [5, 5.41) is 2.57. The minimum Gasteiger partial charge on any atom is -0.356 e. The minimum absolute atomic E-state index is 0.144. The van der Waals surface area contributed by atoms with Crippen molar-refractivity contribution in [3.8, 4) is 0 Å². The second kappa shape index (κ2) is 7.57. The van der Waals surface area contributed by atoms with Crippen LogP contribution >= 0.6 is 0 Å². The van der Waals surface area contributed by atoms with Crippen LogP contribution in [-0.4, -0.2) is 33.0 Å². The number of nitrogens with one attached hydrogen (secondary N) is 1. The van der Waals surface area contributed by atoms with Crippen LogP contribution in [0.15, 0.2) is 0 Å². The fourth-order valence-corrected chi connectivity index (χ4v) is 1.55. The Bertz CT molecular complexity index is 353. The molecule has 0 aromatic heterocycles. The van der Waals surface area contributed by atoms with Gasteiger partial charge in [0.2, 0.25) is 5.91 Å². The summed E-state index contributed by atoms with van der Waals surface area (Å²) in [7, 11) is -5.46. The van der Waals surface area contributed by atoms with Crippen LogP contribution in [0.1, 0.15) is 32.6 Å². The number of carbonyl (C=O) groups is 1. The Kier molecular flexibility index (Phi) is 7.22. The summed E-state index contributed by atoms with van der Waals surface area (Å²) >= 11 is 0. The van der Waals surface area contributed by atoms with Crippen LogP contribution < -0.4 is 5.32 Å². The van der Waals surface area contributed by atoms with Gasteiger partial charge in [0.05, 0.1) is 6.61 Å². The van der Waals surface area contributed by atoms with Gasteiger partial charge in [-0.05, 0) is 12.8 Å². The molecule has 0 spiro atoms. The van der Waals surface area contributed by atoms with Crippen LogP contribution in [0.5, 0.6) is 0 Å². The highest BCUT2D eigenvalue weighted by Crippen LogP contribution is 2.24. The van der Waals surface area contributed by atoms with E-state index in [-0.39, 0.29) is 12.3 Å². The smallest absolute Gasteiger partial charge is 0.356 e. The van der Waals surface area contributed by atoms with Crippen molar-refractivity contribution in [2.24, 2.45) is 0 Å². The molecule has 0 saturated heterocycles. The lowest BCUT2D eigenvalue weighted by atomic mass is 10.2. The molecule has 0 aliphatic rings. The van der Waals surface area contributed by atoms with Crippen molar-refractivity contribution < 1.29 is 30.6 Å². The first-order chi connectivity index (χ1) is 8.17. The van der Waals surface area contributed by atoms with Crippen molar-refractivity contribution >= 4 is 16.0 Å². The van der Waals surface area contributed by atoms with Gasteiger partial charge < -0.3 is 5.32 Å². The normalized spacial score (nSPS) is 12.4.